The second-order valence-electron chi connectivity index (χ2n) is 3.57. The Morgan fingerprint density at radius 1 is 1.53 bits per heavy atom. The lowest BCUT2D eigenvalue weighted by Gasteiger charge is -2.05. The lowest BCUT2D eigenvalue weighted by molar-refractivity contribution is 0.0981. The van der Waals surface area contributed by atoms with E-state index in [9.17, 15) is 4.79 Å². The van der Waals surface area contributed by atoms with E-state index < -0.39 is 0 Å². The molecule has 1 aromatic rings. The fraction of sp³-hybridized carbons (Fsp3) is 0.308. The first-order chi connectivity index (χ1) is 7.15. The molecule has 0 aliphatic carbocycles. The van der Waals surface area contributed by atoms with Gasteiger partial charge in [-0.2, -0.15) is 0 Å². The summed E-state index contributed by atoms with van der Waals surface area (Å²) in [5.41, 5.74) is 7.94. The number of ketones is 1. The van der Waals surface area contributed by atoms with Gasteiger partial charge in [0.15, 0.2) is 5.78 Å². The van der Waals surface area contributed by atoms with Crippen LogP contribution in [0.25, 0.3) is 0 Å². The summed E-state index contributed by atoms with van der Waals surface area (Å²) in [5.74, 6) is 2.59. The van der Waals surface area contributed by atoms with Crippen LogP contribution in [0, 0.1) is 19.3 Å². The summed E-state index contributed by atoms with van der Waals surface area (Å²) in [6.07, 6.45) is 6.95. The maximum Gasteiger partial charge on any atom is 0.164 e. The summed E-state index contributed by atoms with van der Waals surface area (Å²) >= 11 is 0. The summed E-state index contributed by atoms with van der Waals surface area (Å²) in [6.45, 7) is 1.94. The molecule has 0 heterocycles. The molecule has 2 heteroatoms. The first-order valence-corrected chi connectivity index (χ1v) is 4.98. The van der Waals surface area contributed by atoms with Crippen LogP contribution >= 0.6 is 0 Å². The summed E-state index contributed by atoms with van der Waals surface area (Å²) in [4.78, 5) is 11.7. The van der Waals surface area contributed by atoms with Crippen LogP contribution in [-0.4, -0.2) is 5.78 Å². The Morgan fingerprint density at radius 2 is 2.27 bits per heavy atom. The first-order valence-electron chi connectivity index (χ1n) is 4.98. The van der Waals surface area contributed by atoms with E-state index >= 15 is 0 Å². The molecule has 0 amide bonds. The predicted octanol–water partition coefficient (Wildman–Crippen LogP) is 2.56. The number of benzene rings is 1. The van der Waals surface area contributed by atoms with Crippen LogP contribution in [0.2, 0.25) is 0 Å². The zero-order chi connectivity index (χ0) is 11.3. The van der Waals surface area contributed by atoms with Gasteiger partial charge in [-0.25, -0.2) is 0 Å². The molecule has 2 N–H and O–H groups in total. The summed E-state index contributed by atoms with van der Waals surface area (Å²) in [6, 6.07) is 5.49. The highest BCUT2D eigenvalue weighted by Gasteiger charge is 2.08. The number of unbranched alkanes of at least 4 members (excludes halogenated alkanes) is 1. The van der Waals surface area contributed by atoms with Gasteiger partial charge in [-0.15, -0.1) is 12.3 Å². The van der Waals surface area contributed by atoms with Crippen LogP contribution in [-0.2, 0) is 0 Å². The van der Waals surface area contributed by atoms with Crippen molar-refractivity contribution in [2.24, 2.45) is 0 Å². The van der Waals surface area contributed by atoms with Crippen molar-refractivity contribution >= 4 is 11.5 Å². The number of Topliss-reactive ketones (excluding diaryl/α,β-unsaturated/α-hetero) is 1. The third-order valence-electron chi connectivity index (χ3n) is 2.23. The van der Waals surface area contributed by atoms with Crippen LogP contribution in [0.3, 0.4) is 0 Å². The molecule has 0 radical (unpaired) electrons. The van der Waals surface area contributed by atoms with E-state index in [1.54, 1.807) is 6.07 Å². The summed E-state index contributed by atoms with van der Waals surface area (Å²) < 4.78 is 0. The topological polar surface area (TPSA) is 43.1 Å². The highest BCUT2D eigenvalue weighted by Crippen LogP contribution is 2.16. The molecule has 0 spiro atoms. The molecule has 0 bridgehead atoms. The second kappa shape index (κ2) is 5.21. The molecule has 0 unspecified atom stereocenters. The molecule has 1 aromatic carbocycles. The van der Waals surface area contributed by atoms with E-state index in [1.807, 2.05) is 19.1 Å². The summed E-state index contributed by atoms with van der Waals surface area (Å²) in [7, 11) is 0. The molecular formula is C13H15NO. The molecule has 0 fully saturated rings. The van der Waals surface area contributed by atoms with Gasteiger partial charge in [0.1, 0.15) is 0 Å². The van der Waals surface area contributed by atoms with Crippen molar-refractivity contribution in [3.8, 4) is 12.3 Å². The van der Waals surface area contributed by atoms with E-state index in [2.05, 4.69) is 5.92 Å². The fourth-order valence-corrected chi connectivity index (χ4v) is 1.40. The van der Waals surface area contributed by atoms with Crippen LogP contribution in [0.5, 0.6) is 0 Å². The van der Waals surface area contributed by atoms with Gasteiger partial charge in [-0.1, -0.05) is 11.6 Å². The molecular weight excluding hydrogens is 186 g/mol. The van der Waals surface area contributed by atoms with Gasteiger partial charge in [0.25, 0.3) is 0 Å². The van der Waals surface area contributed by atoms with Crippen molar-refractivity contribution in [3.05, 3.63) is 29.3 Å². The van der Waals surface area contributed by atoms with Crippen molar-refractivity contribution < 1.29 is 4.79 Å². The number of anilines is 1. The average Bonchev–Trinajstić information content (AvgIpc) is 2.22. The highest BCUT2D eigenvalue weighted by molar-refractivity contribution is 6.00. The van der Waals surface area contributed by atoms with E-state index in [-0.39, 0.29) is 5.78 Å². The normalized spacial score (nSPS) is 9.60. The first kappa shape index (κ1) is 11.3. The number of aryl methyl sites for hydroxylation is 1. The predicted molar refractivity (Wildman–Crippen MR) is 62.6 cm³/mol. The molecule has 1 rings (SSSR count). The summed E-state index contributed by atoms with van der Waals surface area (Å²) in [5, 5.41) is 0. The van der Waals surface area contributed by atoms with Crippen molar-refractivity contribution in [2.75, 3.05) is 5.73 Å². The molecule has 0 aromatic heterocycles. The molecule has 0 aliphatic rings. The molecule has 2 nitrogen and oxygen atoms in total. The average molecular weight is 201 g/mol. The number of carbonyl (C=O) groups is 1. The number of terminal acetylenes is 1. The monoisotopic (exact) mass is 201 g/mol. The number of rotatable bonds is 4. The van der Waals surface area contributed by atoms with Gasteiger partial charge in [-0.3, -0.25) is 4.79 Å². The number of hydrogen-bond donors (Lipinski definition) is 1. The van der Waals surface area contributed by atoms with Crippen molar-refractivity contribution in [1.82, 2.24) is 0 Å². The Hall–Kier alpha value is -1.75. The van der Waals surface area contributed by atoms with E-state index in [1.165, 1.54) is 0 Å². The van der Waals surface area contributed by atoms with E-state index in [4.69, 9.17) is 12.2 Å². The Labute approximate surface area is 90.5 Å². The highest BCUT2D eigenvalue weighted by atomic mass is 16.1. The van der Waals surface area contributed by atoms with Gasteiger partial charge >= 0.3 is 0 Å². The quantitative estimate of drug-likeness (QED) is 0.352. The Kier molecular flexibility index (Phi) is 3.93. The minimum Gasteiger partial charge on any atom is -0.398 e. The number of carbonyl (C=O) groups excluding carboxylic acids is 1. The molecule has 78 valence electrons. The molecule has 0 saturated heterocycles. The van der Waals surface area contributed by atoms with Crippen LogP contribution in [0.15, 0.2) is 18.2 Å². The van der Waals surface area contributed by atoms with Gasteiger partial charge in [0, 0.05) is 24.1 Å². The SMILES string of the molecule is C#CCCCC(=O)c1cc(C)ccc1N. The Bertz CT molecular complexity index is 401. The molecule has 0 atom stereocenters. The van der Waals surface area contributed by atoms with Gasteiger partial charge in [-0.05, 0) is 25.5 Å². The number of hydrogen-bond acceptors (Lipinski definition) is 2. The van der Waals surface area contributed by atoms with Crippen LogP contribution < -0.4 is 5.73 Å². The number of nitrogen functional groups attached to an aromatic ring is 1. The fourth-order valence-electron chi connectivity index (χ4n) is 1.40. The lowest BCUT2D eigenvalue weighted by Crippen LogP contribution is -2.04. The maximum atomic E-state index is 11.7. The minimum absolute atomic E-state index is 0.0754. The van der Waals surface area contributed by atoms with Gasteiger partial charge < -0.3 is 5.73 Å². The Balaban J connectivity index is 2.73. The van der Waals surface area contributed by atoms with Gasteiger partial charge in [0.2, 0.25) is 0 Å². The molecule has 0 aliphatic heterocycles. The van der Waals surface area contributed by atoms with E-state index in [0.717, 1.165) is 12.0 Å². The minimum atomic E-state index is 0.0754. The zero-order valence-electron chi connectivity index (χ0n) is 8.92. The molecule has 15 heavy (non-hydrogen) atoms. The zero-order valence-corrected chi connectivity index (χ0v) is 8.92. The lowest BCUT2D eigenvalue weighted by atomic mass is 10.0. The van der Waals surface area contributed by atoms with Crippen molar-refractivity contribution in [2.45, 2.75) is 26.2 Å². The third-order valence-corrected chi connectivity index (χ3v) is 2.23. The third kappa shape index (κ3) is 3.14. The Morgan fingerprint density at radius 3 is 2.93 bits per heavy atom. The number of nitrogens with two attached hydrogens (primary N) is 1. The maximum absolute atomic E-state index is 11.7. The van der Waals surface area contributed by atoms with Gasteiger partial charge in [0.05, 0.1) is 0 Å². The van der Waals surface area contributed by atoms with E-state index in [0.29, 0.717) is 24.1 Å². The second-order valence-corrected chi connectivity index (χ2v) is 3.57. The van der Waals surface area contributed by atoms with Crippen molar-refractivity contribution in [3.63, 3.8) is 0 Å². The van der Waals surface area contributed by atoms with Crippen LogP contribution in [0.1, 0.15) is 35.2 Å². The largest absolute Gasteiger partial charge is 0.398 e. The standard InChI is InChI=1S/C13H15NO/c1-3-4-5-6-13(15)11-9-10(2)7-8-12(11)14/h1,7-9H,4-6,14H2,2H3. The smallest absolute Gasteiger partial charge is 0.164 e. The molecule has 0 saturated carbocycles. The van der Waals surface area contributed by atoms with Crippen molar-refractivity contribution in [1.29, 1.82) is 0 Å². The van der Waals surface area contributed by atoms with Crippen LogP contribution in [0.4, 0.5) is 5.69 Å².